The number of nitrogens with zero attached hydrogens (tertiary/aromatic N) is 2. The molecule has 0 radical (unpaired) electrons. The van der Waals surface area contributed by atoms with E-state index in [-0.39, 0.29) is 12.5 Å². The van der Waals surface area contributed by atoms with Gasteiger partial charge in [-0.05, 0) is 17.7 Å². The summed E-state index contributed by atoms with van der Waals surface area (Å²) in [4.78, 5) is 13.3. The van der Waals surface area contributed by atoms with Crippen LogP contribution in [0.15, 0.2) is 24.3 Å². The number of hydrogen-bond acceptors (Lipinski definition) is 3. The molecule has 4 heteroatoms. The molecule has 0 unspecified atom stereocenters. The Balaban J connectivity index is 2.14. The lowest BCUT2D eigenvalue weighted by Crippen LogP contribution is -2.41. The molecule has 0 atom stereocenters. The molecule has 2 rings (SSSR count). The summed E-state index contributed by atoms with van der Waals surface area (Å²) in [7, 11) is 0. The quantitative estimate of drug-likeness (QED) is 0.744. The highest BCUT2D eigenvalue weighted by Crippen LogP contribution is 2.17. The summed E-state index contributed by atoms with van der Waals surface area (Å²) in [6, 6.07) is 9.59. The van der Waals surface area contributed by atoms with Crippen molar-refractivity contribution in [2.24, 2.45) is 0 Å². The first-order chi connectivity index (χ1) is 7.81. The minimum Gasteiger partial charge on any atom is -0.370 e. The molecular formula is C12H12N2O2. The van der Waals surface area contributed by atoms with Crippen LogP contribution in [0.1, 0.15) is 5.56 Å². The number of rotatable bonds is 2. The molecule has 1 aromatic carbocycles. The van der Waals surface area contributed by atoms with Gasteiger partial charge in [0.15, 0.2) is 0 Å². The lowest BCUT2D eigenvalue weighted by molar-refractivity contribution is -0.125. The number of carbonyl (C=O) groups excluding carboxylic acids is 1. The predicted octanol–water partition coefficient (Wildman–Crippen LogP) is 1.12. The second-order valence-corrected chi connectivity index (χ2v) is 3.60. The third-order valence-corrected chi connectivity index (χ3v) is 2.52. The van der Waals surface area contributed by atoms with Crippen LogP contribution in [-0.2, 0) is 16.0 Å². The molecule has 1 amide bonds. The van der Waals surface area contributed by atoms with Crippen LogP contribution in [0.3, 0.4) is 0 Å². The summed E-state index contributed by atoms with van der Waals surface area (Å²) < 4.78 is 5.06. The zero-order valence-corrected chi connectivity index (χ0v) is 8.85. The molecule has 0 spiro atoms. The molecule has 0 saturated carbocycles. The summed E-state index contributed by atoms with van der Waals surface area (Å²) >= 11 is 0. The number of amides is 1. The monoisotopic (exact) mass is 216 g/mol. The normalized spacial score (nSPS) is 15.9. The van der Waals surface area contributed by atoms with E-state index in [2.05, 4.69) is 6.07 Å². The predicted molar refractivity (Wildman–Crippen MR) is 58.9 cm³/mol. The van der Waals surface area contributed by atoms with Crippen molar-refractivity contribution in [1.82, 2.24) is 0 Å². The molecule has 0 aromatic heterocycles. The van der Waals surface area contributed by atoms with Crippen LogP contribution in [0.25, 0.3) is 0 Å². The summed E-state index contributed by atoms with van der Waals surface area (Å²) in [6.45, 7) is 1.32. The van der Waals surface area contributed by atoms with Crippen LogP contribution in [0.4, 0.5) is 5.69 Å². The number of hydrogen-bond donors (Lipinski definition) is 0. The maximum absolute atomic E-state index is 11.6. The van der Waals surface area contributed by atoms with E-state index in [0.717, 1.165) is 11.3 Å². The maximum Gasteiger partial charge on any atom is 0.253 e. The molecule has 1 aromatic rings. The fourth-order valence-electron chi connectivity index (χ4n) is 1.68. The Bertz CT molecular complexity index is 420. The molecule has 1 heterocycles. The van der Waals surface area contributed by atoms with E-state index in [4.69, 9.17) is 10.00 Å². The number of carbonyl (C=O) groups is 1. The number of ether oxygens (including phenoxy) is 1. The fraction of sp³-hybridized carbons (Fsp3) is 0.333. The number of anilines is 1. The molecule has 4 nitrogen and oxygen atoms in total. The van der Waals surface area contributed by atoms with Crippen LogP contribution in [0.5, 0.6) is 0 Å². The third kappa shape index (κ3) is 2.20. The summed E-state index contributed by atoms with van der Waals surface area (Å²) in [6.07, 6.45) is 0.400. The average Bonchev–Trinajstić information content (AvgIpc) is 2.31. The van der Waals surface area contributed by atoms with Crippen molar-refractivity contribution in [1.29, 1.82) is 5.26 Å². The molecule has 16 heavy (non-hydrogen) atoms. The summed E-state index contributed by atoms with van der Waals surface area (Å²) in [5, 5.41) is 8.55. The standard InChI is InChI=1S/C12H12N2O2/c13-6-5-10-1-3-11(4-2-10)14-7-8-16-9-12(14)15/h1-4H,5,7-9H2. The minimum atomic E-state index is -0.0146. The number of morpholine rings is 1. The lowest BCUT2D eigenvalue weighted by atomic mass is 10.1. The van der Waals surface area contributed by atoms with E-state index in [1.54, 1.807) is 4.90 Å². The van der Waals surface area contributed by atoms with Crippen molar-refractivity contribution in [2.45, 2.75) is 6.42 Å². The smallest absolute Gasteiger partial charge is 0.253 e. The van der Waals surface area contributed by atoms with Crippen molar-refractivity contribution in [3.05, 3.63) is 29.8 Å². The van der Waals surface area contributed by atoms with E-state index in [9.17, 15) is 4.79 Å². The van der Waals surface area contributed by atoms with E-state index >= 15 is 0 Å². The third-order valence-electron chi connectivity index (χ3n) is 2.52. The first-order valence-electron chi connectivity index (χ1n) is 5.15. The first-order valence-corrected chi connectivity index (χ1v) is 5.15. The zero-order valence-electron chi connectivity index (χ0n) is 8.85. The van der Waals surface area contributed by atoms with Gasteiger partial charge in [0.25, 0.3) is 5.91 Å². The van der Waals surface area contributed by atoms with E-state index < -0.39 is 0 Å². The number of nitriles is 1. The fourth-order valence-corrected chi connectivity index (χ4v) is 1.68. The van der Waals surface area contributed by atoms with Crippen LogP contribution >= 0.6 is 0 Å². The summed E-state index contributed by atoms with van der Waals surface area (Å²) in [5.41, 5.74) is 1.84. The van der Waals surface area contributed by atoms with E-state index in [0.29, 0.717) is 19.6 Å². The molecule has 0 aliphatic carbocycles. The second-order valence-electron chi connectivity index (χ2n) is 3.60. The van der Waals surface area contributed by atoms with Crippen molar-refractivity contribution in [2.75, 3.05) is 24.7 Å². The number of benzene rings is 1. The van der Waals surface area contributed by atoms with Gasteiger partial charge in [0, 0.05) is 12.2 Å². The highest BCUT2D eigenvalue weighted by atomic mass is 16.5. The van der Waals surface area contributed by atoms with Crippen LogP contribution in [0, 0.1) is 11.3 Å². The molecule has 1 fully saturated rings. The molecule has 1 aliphatic rings. The average molecular weight is 216 g/mol. The highest BCUT2D eigenvalue weighted by molar-refractivity contribution is 5.94. The second kappa shape index (κ2) is 4.77. The highest BCUT2D eigenvalue weighted by Gasteiger charge is 2.19. The SMILES string of the molecule is N#CCc1ccc(N2CCOCC2=O)cc1. The maximum atomic E-state index is 11.6. The van der Waals surface area contributed by atoms with Crippen LogP contribution in [-0.4, -0.2) is 25.7 Å². The van der Waals surface area contributed by atoms with Crippen molar-refractivity contribution in [3.63, 3.8) is 0 Å². The Hall–Kier alpha value is -1.86. The Kier molecular flexibility index (Phi) is 3.18. The van der Waals surface area contributed by atoms with Crippen LogP contribution in [0.2, 0.25) is 0 Å². The molecule has 0 bridgehead atoms. The zero-order chi connectivity index (χ0) is 11.4. The van der Waals surface area contributed by atoms with Gasteiger partial charge >= 0.3 is 0 Å². The Morgan fingerprint density at radius 1 is 1.38 bits per heavy atom. The van der Waals surface area contributed by atoms with E-state index in [1.165, 1.54) is 0 Å². The van der Waals surface area contributed by atoms with Gasteiger partial charge in [0.2, 0.25) is 0 Å². The molecule has 1 saturated heterocycles. The van der Waals surface area contributed by atoms with Crippen molar-refractivity contribution >= 4 is 11.6 Å². The van der Waals surface area contributed by atoms with Gasteiger partial charge in [0.1, 0.15) is 6.61 Å². The van der Waals surface area contributed by atoms with Gasteiger partial charge < -0.3 is 9.64 Å². The van der Waals surface area contributed by atoms with Crippen molar-refractivity contribution in [3.8, 4) is 6.07 Å². The van der Waals surface area contributed by atoms with Gasteiger partial charge in [0.05, 0.1) is 19.1 Å². The van der Waals surface area contributed by atoms with Crippen molar-refractivity contribution < 1.29 is 9.53 Å². The van der Waals surface area contributed by atoms with Gasteiger partial charge in [-0.25, -0.2) is 0 Å². The van der Waals surface area contributed by atoms with Gasteiger partial charge in [-0.1, -0.05) is 12.1 Å². The van der Waals surface area contributed by atoms with Gasteiger partial charge in [-0.2, -0.15) is 5.26 Å². The Labute approximate surface area is 94.0 Å². The van der Waals surface area contributed by atoms with Gasteiger partial charge in [-0.3, -0.25) is 4.79 Å². The van der Waals surface area contributed by atoms with Gasteiger partial charge in [-0.15, -0.1) is 0 Å². The molecular weight excluding hydrogens is 204 g/mol. The molecule has 1 aliphatic heterocycles. The first kappa shape index (κ1) is 10.7. The topological polar surface area (TPSA) is 53.3 Å². The largest absolute Gasteiger partial charge is 0.370 e. The molecule has 0 N–H and O–H groups in total. The summed E-state index contributed by atoms with van der Waals surface area (Å²) in [5.74, 6) is -0.0146. The lowest BCUT2D eigenvalue weighted by Gasteiger charge is -2.26. The van der Waals surface area contributed by atoms with E-state index in [1.807, 2.05) is 24.3 Å². The Morgan fingerprint density at radius 3 is 2.75 bits per heavy atom. The van der Waals surface area contributed by atoms with Crippen LogP contribution < -0.4 is 4.90 Å². The molecule has 82 valence electrons. The minimum absolute atomic E-state index is 0.0146. The Morgan fingerprint density at radius 2 is 2.12 bits per heavy atom.